The summed E-state index contributed by atoms with van der Waals surface area (Å²) in [6.45, 7) is 2.12. The molecule has 3 amide bonds. The summed E-state index contributed by atoms with van der Waals surface area (Å²) in [4.78, 5) is 30.7. The molecule has 2 saturated carbocycles. The van der Waals surface area contributed by atoms with Crippen molar-refractivity contribution < 1.29 is 14.0 Å². The van der Waals surface area contributed by atoms with Crippen molar-refractivity contribution in [1.82, 2.24) is 15.2 Å². The van der Waals surface area contributed by atoms with Crippen LogP contribution in [-0.2, 0) is 6.54 Å². The quantitative estimate of drug-likeness (QED) is 0.789. The molecule has 0 aliphatic heterocycles. The predicted octanol–water partition coefficient (Wildman–Crippen LogP) is 3.73. The summed E-state index contributed by atoms with van der Waals surface area (Å²) in [6.07, 6.45) is 5.25. The highest BCUT2D eigenvalue weighted by molar-refractivity contribution is 6.31. The van der Waals surface area contributed by atoms with Crippen LogP contribution in [0.4, 0.5) is 10.5 Å². The normalized spacial score (nSPS) is 16.1. The van der Waals surface area contributed by atoms with Crippen molar-refractivity contribution in [2.75, 3.05) is 5.32 Å². The zero-order valence-electron chi connectivity index (χ0n) is 15.0. The second kappa shape index (κ2) is 7.23. The van der Waals surface area contributed by atoms with Gasteiger partial charge in [0.2, 0.25) is 5.89 Å². The lowest BCUT2D eigenvalue weighted by molar-refractivity contribution is 0.0946. The van der Waals surface area contributed by atoms with E-state index in [0.29, 0.717) is 16.6 Å². The fraction of sp³-hybridized carbons (Fsp3) is 0.421. The minimum atomic E-state index is -0.236. The topological polar surface area (TPSA) is 87.5 Å². The number of nitrogens with zero attached hydrogens (tertiary/aromatic N) is 2. The lowest BCUT2D eigenvalue weighted by Crippen LogP contribution is -2.36. The van der Waals surface area contributed by atoms with E-state index in [1.165, 1.54) is 6.26 Å². The summed E-state index contributed by atoms with van der Waals surface area (Å²) in [5, 5.41) is 6.34. The van der Waals surface area contributed by atoms with E-state index in [2.05, 4.69) is 15.6 Å². The van der Waals surface area contributed by atoms with E-state index in [-0.39, 0.29) is 36.3 Å². The van der Waals surface area contributed by atoms with Crippen molar-refractivity contribution in [3.63, 3.8) is 0 Å². The first-order valence-electron chi connectivity index (χ1n) is 9.08. The van der Waals surface area contributed by atoms with Crippen LogP contribution in [0.2, 0.25) is 5.02 Å². The number of aryl methyl sites for hydroxylation is 1. The maximum atomic E-state index is 12.7. The first-order valence-corrected chi connectivity index (χ1v) is 9.46. The molecule has 0 spiro atoms. The molecule has 27 heavy (non-hydrogen) atoms. The predicted molar refractivity (Wildman–Crippen MR) is 101 cm³/mol. The van der Waals surface area contributed by atoms with Crippen LogP contribution in [0.15, 0.2) is 28.9 Å². The fourth-order valence-electron chi connectivity index (χ4n) is 2.74. The molecule has 1 aromatic heterocycles. The smallest absolute Gasteiger partial charge is 0.322 e. The van der Waals surface area contributed by atoms with E-state index >= 15 is 0 Å². The average Bonchev–Trinajstić information content (AvgIpc) is 3.56. The number of urea groups is 1. The maximum absolute atomic E-state index is 12.7. The molecule has 2 aromatic rings. The highest BCUT2D eigenvalue weighted by Gasteiger charge is 2.34. The fourth-order valence-corrected chi connectivity index (χ4v) is 2.92. The molecule has 0 unspecified atom stereocenters. The Morgan fingerprint density at radius 1 is 1.30 bits per heavy atom. The van der Waals surface area contributed by atoms with Crippen molar-refractivity contribution >= 4 is 29.2 Å². The van der Waals surface area contributed by atoms with Gasteiger partial charge in [-0.05, 0) is 50.3 Å². The molecule has 8 heteroatoms. The van der Waals surface area contributed by atoms with Gasteiger partial charge in [-0.3, -0.25) is 4.79 Å². The number of aromatic nitrogens is 1. The standard InChI is InChI=1S/C19H21ClN4O3/c1-11-2-3-13(8-15(11)20)22-19(26)24(14-6-7-14)9-17-23-16(10-27-17)18(25)21-12-4-5-12/h2-3,8,10,12,14H,4-7,9H2,1H3,(H,21,25)(H,22,26). The second-order valence-electron chi connectivity index (χ2n) is 7.13. The molecule has 0 radical (unpaired) electrons. The minimum Gasteiger partial charge on any atom is -0.446 e. The van der Waals surface area contributed by atoms with E-state index < -0.39 is 0 Å². The molecular weight excluding hydrogens is 368 g/mol. The van der Waals surface area contributed by atoms with Gasteiger partial charge in [0, 0.05) is 22.8 Å². The van der Waals surface area contributed by atoms with Crippen LogP contribution in [0.5, 0.6) is 0 Å². The lowest BCUT2D eigenvalue weighted by Gasteiger charge is -2.21. The minimum absolute atomic E-state index is 0.154. The summed E-state index contributed by atoms with van der Waals surface area (Å²) < 4.78 is 5.42. The Hall–Kier alpha value is -2.54. The number of nitrogens with one attached hydrogen (secondary N) is 2. The van der Waals surface area contributed by atoms with Gasteiger partial charge in [0.1, 0.15) is 6.26 Å². The van der Waals surface area contributed by atoms with E-state index in [1.54, 1.807) is 11.0 Å². The average molecular weight is 389 g/mol. The molecule has 7 nitrogen and oxygen atoms in total. The Balaban J connectivity index is 1.41. The highest BCUT2D eigenvalue weighted by Crippen LogP contribution is 2.29. The SMILES string of the molecule is Cc1ccc(NC(=O)N(Cc2nc(C(=O)NC3CC3)co2)C2CC2)cc1Cl. The Morgan fingerprint density at radius 3 is 2.74 bits per heavy atom. The number of carbonyl (C=O) groups is 2. The highest BCUT2D eigenvalue weighted by atomic mass is 35.5. The van der Waals surface area contributed by atoms with Crippen LogP contribution in [0.25, 0.3) is 0 Å². The molecule has 2 aliphatic carbocycles. The first-order chi connectivity index (χ1) is 13.0. The van der Waals surface area contributed by atoms with Gasteiger partial charge in [0.25, 0.3) is 5.91 Å². The van der Waals surface area contributed by atoms with Gasteiger partial charge in [-0.1, -0.05) is 17.7 Å². The van der Waals surface area contributed by atoms with Crippen molar-refractivity contribution in [1.29, 1.82) is 0 Å². The van der Waals surface area contributed by atoms with E-state index in [9.17, 15) is 9.59 Å². The number of carbonyl (C=O) groups excluding carboxylic acids is 2. The van der Waals surface area contributed by atoms with Gasteiger partial charge in [-0.25, -0.2) is 9.78 Å². The zero-order chi connectivity index (χ0) is 19.0. The van der Waals surface area contributed by atoms with Crippen molar-refractivity contribution in [3.05, 3.63) is 46.6 Å². The molecule has 142 valence electrons. The van der Waals surface area contributed by atoms with Crippen molar-refractivity contribution in [3.8, 4) is 0 Å². The third kappa shape index (κ3) is 4.42. The molecule has 0 saturated heterocycles. The van der Waals surface area contributed by atoms with Crippen LogP contribution in [0.3, 0.4) is 0 Å². The van der Waals surface area contributed by atoms with Crippen LogP contribution in [-0.4, -0.2) is 33.9 Å². The van der Waals surface area contributed by atoms with Crippen LogP contribution in [0, 0.1) is 6.92 Å². The van der Waals surface area contributed by atoms with Gasteiger partial charge in [0.15, 0.2) is 5.69 Å². The van der Waals surface area contributed by atoms with Gasteiger partial charge in [-0.15, -0.1) is 0 Å². The largest absolute Gasteiger partial charge is 0.446 e. The number of halogens is 1. The van der Waals surface area contributed by atoms with Gasteiger partial charge in [0.05, 0.1) is 6.54 Å². The van der Waals surface area contributed by atoms with E-state index in [0.717, 1.165) is 31.2 Å². The number of oxazole rings is 1. The molecule has 0 atom stereocenters. The Bertz CT molecular complexity index is 874. The maximum Gasteiger partial charge on any atom is 0.322 e. The third-order valence-corrected chi connectivity index (χ3v) is 5.08. The van der Waals surface area contributed by atoms with Crippen LogP contribution in [0.1, 0.15) is 47.6 Å². The van der Waals surface area contributed by atoms with Crippen molar-refractivity contribution in [2.45, 2.75) is 51.2 Å². The Labute approximate surface area is 162 Å². The summed E-state index contributed by atoms with van der Waals surface area (Å²) in [6, 6.07) is 5.58. The number of rotatable bonds is 6. The van der Waals surface area contributed by atoms with Crippen LogP contribution >= 0.6 is 11.6 Å². The molecule has 0 bridgehead atoms. The molecular formula is C19H21ClN4O3. The Morgan fingerprint density at radius 2 is 2.07 bits per heavy atom. The van der Waals surface area contributed by atoms with E-state index in [1.807, 2.05) is 19.1 Å². The van der Waals surface area contributed by atoms with E-state index in [4.69, 9.17) is 16.0 Å². The second-order valence-corrected chi connectivity index (χ2v) is 7.53. The third-order valence-electron chi connectivity index (χ3n) is 4.67. The molecule has 2 N–H and O–H groups in total. The monoisotopic (exact) mass is 388 g/mol. The zero-order valence-corrected chi connectivity index (χ0v) is 15.8. The summed E-state index contributed by atoms with van der Waals surface area (Å²) in [5.41, 5.74) is 1.84. The molecule has 1 aromatic carbocycles. The first kappa shape index (κ1) is 17.9. The molecule has 1 heterocycles. The Kier molecular flexibility index (Phi) is 4.78. The number of amides is 3. The van der Waals surface area contributed by atoms with Gasteiger partial charge >= 0.3 is 6.03 Å². The number of hydrogen-bond acceptors (Lipinski definition) is 4. The van der Waals surface area contributed by atoms with Gasteiger partial charge < -0.3 is 20.0 Å². The molecule has 2 aliphatic rings. The molecule has 2 fully saturated rings. The number of benzene rings is 1. The summed E-state index contributed by atoms with van der Waals surface area (Å²) in [5.74, 6) is 0.115. The van der Waals surface area contributed by atoms with Crippen molar-refractivity contribution in [2.24, 2.45) is 0 Å². The summed E-state index contributed by atoms with van der Waals surface area (Å²) in [7, 11) is 0. The van der Waals surface area contributed by atoms with Gasteiger partial charge in [-0.2, -0.15) is 0 Å². The lowest BCUT2D eigenvalue weighted by atomic mass is 10.2. The van der Waals surface area contributed by atoms with Crippen LogP contribution < -0.4 is 10.6 Å². The number of anilines is 1. The number of hydrogen-bond donors (Lipinski definition) is 2. The molecule has 4 rings (SSSR count). The summed E-state index contributed by atoms with van der Waals surface area (Å²) >= 11 is 6.13.